The van der Waals surface area contributed by atoms with Gasteiger partial charge in [0.15, 0.2) is 0 Å². The number of rotatable bonds is 5. The largest absolute Gasteiger partial charge is 0.467 e. The molecule has 1 N–H and O–H groups in total. The van der Waals surface area contributed by atoms with Gasteiger partial charge in [-0.1, -0.05) is 13.8 Å². The summed E-state index contributed by atoms with van der Waals surface area (Å²) in [7, 11) is 1.27. The van der Waals surface area contributed by atoms with E-state index in [4.69, 9.17) is 4.74 Å². The van der Waals surface area contributed by atoms with Gasteiger partial charge in [-0.3, -0.25) is 9.97 Å². The molecule has 1 aromatic rings. The van der Waals surface area contributed by atoms with E-state index >= 15 is 0 Å². The Morgan fingerprint density at radius 3 is 2.48 bits per heavy atom. The fraction of sp³-hybridized carbons (Fsp3) is 0.571. The number of carbonyl (C=O) groups is 2. The highest BCUT2D eigenvalue weighted by Gasteiger charge is 2.25. The molecule has 0 unspecified atom stereocenters. The van der Waals surface area contributed by atoms with Crippen LogP contribution >= 0.6 is 0 Å². The smallest absolute Gasteiger partial charge is 0.408 e. The number of nitrogens with zero attached hydrogens (tertiary/aromatic N) is 2. The molecule has 1 heterocycles. The molecule has 0 spiro atoms. The Morgan fingerprint density at radius 2 is 1.95 bits per heavy atom. The van der Waals surface area contributed by atoms with E-state index in [1.165, 1.54) is 7.11 Å². The molecule has 0 aliphatic carbocycles. The first-order chi connectivity index (χ1) is 9.85. The number of amides is 1. The van der Waals surface area contributed by atoms with Gasteiger partial charge in [-0.15, -0.1) is 0 Å². The van der Waals surface area contributed by atoms with Gasteiger partial charge in [0, 0.05) is 0 Å². The van der Waals surface area contributed by atoms with Crippen LogP contribution in [0.4, 0.5) is 4.79 Å². The van der Waals surface area contributed by atoms with E-state index in [1.807, 2.05) is 13.8 Å². The molecule has 1 atom stereocenters. The summed E-state index contributed by atoms with van der Waals surface area (Å²) in [6.45, 7) is 7.28. The van der Waals surface area contributed by atoms with E-state index < -0.39 is 18.1 Å². The van der Waals surface area contributed by atoms with Gasteiger partial charge in [-0.05, 0) is 19.8 Å². The second-order valence-electron chi connectivity index (χ2n) is 5.00. The second kappa shape index (κ2) is 7.56. The SMILES string of the molecule is COC(=O)[C@@H](NC(=O)OCc1cnc(C)c(C)n1)C(C)C. The van der Waals surface area contributed by atoms with E-state index in [0.29, 0.717) is 5.69 Å². The molecule has 1 aromatic heterocycles. The van der Waals surface area contributed by atoms with Crippen LogP contribution in [-0.4, -0.2) is 35.2 Å². The summed E-state index contributed by atoms with van der Waals surface area (Å²) in [5.74, 6) is -0.612. The molecule has 7 heteroatoms. The second-order valence-corrected chi connectivity index (χ2v) is 5.00. The quantitative estimate of drug-likeness (QED) is 0.828. The number of hydrogen-bond donors (Lipinski definition) is 1. The van der Waals surface area contributed by atoms with Gasteiger partial charge in [0.2, 0.25) is 0 Å². The molecule has 7 nitrogen and oxygen atoms in total. The highest BCUT2D eigenvalue weighted by molar-refractivity contribution is 5.81. The van der Waals surface area contributed by atoms with Crippen LogP contribution in [0.2, 0.25) is 0 Å². The summed E-state index contributed by atoms with van der Waals surface area (Å²) in [6.07, 6.45) is 0.856. The van der Waals surface area contributed by atoms with Crippen molar-refractivity contribution in [2.24, 2.45) is 5.92 Å². The summed E-state index contributed by atoms with van der Waals surface area (Å²) in [4.78, 5) is 31.6. The Morgan fingerprint density at radius 1 is 1.29 bits per heavy atom. The number of aryl methyl sites for hydroxylation is 2. The summed E-state index contributed by atoms with van der Waals surface area (Å²) in [5.41, 5.74) is 2.16. The minimum atomic E-state index is -0.742. The molecule has 1 rings (SSSR count). The minimum Gasteiger partial charge on any atom is -0.467 e. The van der Waals surface area contributed by atoms with E-state index in [-0.39, 0.29) is 12.5 Å². The van der Waals surface area contributed by atoms with Gasteiger partial charge >= 0.3 is 12.1 Å². The van der Waals surface area contributed by atoms with Gasteiger partial charge < -0.3 is 14.8 Å². The summed E-state index contributed by atoms with van der Waals surface area (Å²) >= 11 is 0. The van der Waals surface area contributed by atoms with Crippen molar-refractivity contribution in [2.45, 2.75) is 40.3 Å². The minimum absolute atomic E-state index is 0.00799. The molecular weight excluding hydrogens is 274 g/mol. The number of nitrogens with one attached hydrogen (secondary N) is 1. The van der Waals surface area contributed by atoms with Crippen molar-refractivity contribution in [1.82, 2.24) is 15.3 Å². The van der Waals surface area contributed by atoms with Gasteiger partial charge in [0.05, 0.1) is 30.4 Å². The number of hydrogen-bond acceptors (Lipinski definition) is 6. The monoisotopic (exact) mass is 295 g/mol. The third-order valence-corrected chi connectivity index (χ3v) is 2.99. The summed E-state index contributed by atoms with van der Waals surface area (Å²) in [6, 6.07) is -0.742. The molecule has 0 saturated heterocycles. The number of esters is 1. The maximum Gasteiger partial charge on any atom is 0.408 e. The summed E-state index contributed by atoms with van der Waals surface area (Å²) in [5, 5.41) is 2.48. The van der Waals surface area contributed by atoms with E-state index in [0.717, 1.165) is 11.4 Å². The van der Waals surface area contributed by atoms with Crippen LogP contribution in [0.1, 0.15) is 30.9 Å². The highest BCUT2D eigenvalue weighted by Crippen LogP contribution is 2.05. The average molecular weight is 295 g/mol. The van der Waals surface area contributed by atoms with Crippen molar-refractivity contribution in [2.75, 3.05) is 7.11 Å². The molecule has 0 aliphatic rings. The first kappa shape index (κ1) is 16.9. The van der Waals surface area contributed by atoms with Gasteiger partial charge in [0.1, 0.15) is 12.6 Å². The Hall–Kier alpha value is -2.18. The standard InChI is InChI=1S/C14H21N3O4/c1-8(2)12(13(18)20-5)17-14(19)21-7-11-6-15-9(3)10(4)16-11/h6,8,12H,7H2,1-5H3,(H,17,19)/t12-/m0/s1. The zero-order valence-corrected chi connectivity index (χ0v) is 13.0. The molecule has 0 fully saturated rings. The zero-order valence-electron chi connectivity index (χ0n) is 13.0. The number of methoxy groups -OCH3 is 1. The summed E-state index contributed by atoms with van der Waals surface area (Å²) < 4.78 is 9.67. The number of alkyl carbamates (subject to hydrolysis) is 1. The predicted octanol–water partition coefficient (Wildman–Crippen LogP) is 1.52. The van der Waals surface area contributed by atoms with Crippen LogP contribution in [0.5, 0.6) is 0 Å². The van der Waals surface area contributed by atoms with Crippen molar-refractivity contribution in [1.29, 1.82) is 0 Å². The van der Waals surface area contributed by atoms with E-state index in [2.05, 4.69) is 20.0 Å². The third-order valence-electron chi connectivity index (χ3n) is 2.99. The third kappa shape index (κ3) is 5.02. The predicted molar refractivity (Wildman–Crippen MR) is 75.5 cm³/mol. The number of carbonyl (C=O) groups excluding carboxylic acids is 2. The normalized spacial score (nSPS) is 11.9. The maximum atomic E-state index is 11.7. The highest BCUT2D eigenvalue weighted by atomic mass is 16.6. The molecule has 1 amide bonds. The number of aromatic nitrogens is 2. The van der Waals surface area contributed by atoms with Crippen molar-refractivity contribution < 1.29 is 19.1 Å². The number of ether oxygens (including phenoxy) is 2. The molecule has 116 valence electrons. The molecule has 0 aliphatic heterocycles. The molecule has 21 heavy (non-hydrogen) atoms. The van der Waals surface area contributed by atoms with Crippen LogP contribution in [0.25, 0.3) is 0 Å². The lowest BCUT2D eigenvalue weighted by molar-refractivity contribution is -0.144. The first-order valence-corrected chi connectivity index (χ1v) is 6.65. The molecule has 0 aromatic carbocycles. The topological polar surface area (TPSA) is 90.4 Å². The van der Waals surface area contributed by atoms with Gasteiger partial charge in [0.25, 0.3) is 0 Å². The first-order valence-electron chi connectivity index (χ1n) is 6.65. The molecule has 0 saturated carbocycles. The van der Waals surface area contributed by atoms with Crippen molar-refractivity contribution in [3.63, 3.8) is 0 Å². The Labute approximate surface area is 124 Å². The van der Waals surface area contributed by atoms with Gasteiger partial charge in [-0.25, -0.2) is 9.59 Å². The molecule has 0 radical (unpaired) electrons. The Kier molecular flexibility index (Phi) is 6.08. The van der Waals surface area contributed by atoms with Crippen molar-refractivity contribution >= 4 is 12.1 Å². The molecule has 0 bridgehead atoms. The maximum absolute atomic E-state index is 11.7. The van der Waals surface area contributed by atoms with Crippen LogP contribution in [0.15, 0.2) is 6.20 Å². The average Bonchev–Trinajstić information content (AvgIpc) is 2.44. The van der Waals surface area contributed by atoms with Crippen molar-refractivity contribution in [3.05, 3.63) is 23.3 Å². The van der Waals surface area contributed by atoms with Gasteiger partial charge in [-0.2, -0.15) is 0 Å². The van der Waals surface area contributed by atoms with Crippen LogP contribution in [-0.2, 0) is 20.9 Å². The van der Waals surface area contributed by atoms with Crippen molar-refractivity contribution in [3.8, 4) is 0 Å². The lowest BCUT2D eigenvalue weighted by Gasteiger charge is -2.19. The lowest BCUT2D eigenvalue weighted by Crippen LogP contribution is -2.45. The zero-order chi connectivity index (χ0) is 16.0. The van der Waals surface area contributed by atoms with Crippen LogP contribution in [0.3, 0.4) is 0 Å². The lowest BCUT2D eigenvalue weighted by atomic mass is 10.1. The Balaban J connectivity index is 2.56. The Bertz CT molecular complexity index is 517. The van der Waals surface area contributed by atoms with Crippen LogP contribution < -0.4 is 5.32 Å². The fourth-order valence-electron chi connectivity index (χ4n) is 1.59. The fourth-order valence-corrected chi connectivity index (χ4v) is 1.59. The van der Waals surface area contributed by atoms with Crippen LogP contribution in [0, 0.1) is 19.8 Å². The molecular formula is C14H21N3O4. The van der Waals surface area contributed by atoms with E-state index in [1.54, 1.807) is 20.0 Å². The van der Waals surface area contributed by atoms with E-state index in [9.17, 15) is 9.59 Å².